The number of imidazole rings is 1. The Morgan fingerprint density at radius 3 is 2.72 bits per heavy atom. The van der Waals surface area contributed by atoms with Crippen LogP contribution in [0, 0.1) is 0 Å². The maximum atomic E-state index is 11.5. The van der Waals surface area contributed by atoms with Crippen LogP contribution in [0.1, 0.15) is 34.9 Å². The minimum absolute atomic E-state index is 0.210. The summed E-state index contributed by atoms with van der Waals surface area (Å²) in [5.41, 5.74) is 1.87. The molecule has 1 aliphatic rings. The van der Waals surface area contributed by atoms with E-state index in [1.165, 1.54) is 27.1 Å². The standard InChI is InChI=1S/C12H13N3O3/c1-17-11-10-13-8(7-3-4-7)5-15(10)6-9(14-11)12(16)18-2/h5-7H,3-4H2,1-2H3. The molecule has 2 aromatic heterocycles. The van der Waals surface area contributed by atoms with E-state index in [-0.39, 0.29) is 5.69 Å². The van der Waals surface area contributed by atoms with Gasteiger partial charge in [0.05, 0.1) is 19.9 Å². The molecule has 18 heavy (non-hydrogen) atoms. The lowest BCUT2D eigenvalue weighted by Crippen LogP contribution is -2.07. The lowest BCUT2D eigenvalue weighted by atomic mass is 10.3. The van der Waals surface area contributed by atoms with Crippen molar-refractivity contribution < 1.29 is 14.3 Å². The molecule has 2 aromatic rings. The molecule has 0 spiro atoms. The third-order valence-electron chi connectivity index (χ3n) is 3.01. The van der Waals surface area contributed by atoms with Gasteiger partial charge in [0.15, 0.2) is 5.69 Å². The molecule has 1 saturated carbocycles. The van der Waals surface area contributed by atoms with E-state index in [1.54, 1.807) is 10.6 Å². The molecule has 2 heterocycles. The Balaban J connectivity index is 2.15. The fraction of sp³-hybridized carbons (Fsp3) is 0.417. The number of rotatable bonds is 3. The van der Waals surface area contributed by atoms with E-state index < -0.39 is 5.97 Å². The molecule has 0 bridgehead atoms. The smallest absolute Gasteiger partial charge is 0.358 e. The highest BCUT2D eigenvalue weighted by atomic mass is 16.5. The molecule has 1 aliphatic carbocycles. The summed E-state index contributed by atoms with van der Waals surface area (Å²) in [4.78, 5) is 20.1. The third kappa shape index (κ3) is 1.70. The Morgan fingerprint density at radius 2 is 2.11 bits per heavy atom. The molecule has 0 saturated heterocycles. The van der Waals surface area contributed by atoms with Crippen molar-refractivity contribution >= 4 is 11.6 Å². The molecule has 3 rings (SSSR count). The molecule has 6 heteroatoms. The minimum Gasteiger partial charge on any atom is -0.478 e. The van der Waals surface area contributed by atoms with Gasteiger partial charge in [0, 0.05) is 18.3 Å². The third-order valence-corrected chi connectivity index (χ3v) is 3.01. The Bertz CT molecular complexity index is 616. The number of nitrogens with zero attached hydrogens (tertiary/aromatic N) is 3. The van der Waals surface area contributed by atoms with Crippen molar-refractivity contribution in [3.05, 3.63) is 23.8 Å². The van der Waals surface area contributed by atoms with Gasteiger partial charge in [-0.3, -0.25) is 4.40 Å². The molecular weight excluding hydrogens is 234 g/mol. The molecule has 0 atom stereocenters. The Hall–Kier alpha value is -2.11. The van der Waals surface area contributed by atoms with Crippen molar-refractivity contribution in [2.75, 3.05) is 14.2 Å². The first kappa shape index (κ1) is 11.0. The minimum atomic E-state index is -0.489. The SMILES string of the molecule is COC(=O)c1cn2cc(C3CC3)nc2c(OC)n1. The van der Waals surface area contributed by atoms with Crippen LogP contribution in [0.15, 0.2) is 12.4 Å². The Morgan fingerprint density at radius 1 is 1.33 bits per heavy atom. The van der Waals surface area contributed by atoms with Gasteiger partial charge < -0.3 is 9.47 Å². The number of fused-ring (bicyclic) bond motifs is 1. The van der Waals surface area contributed by atoms with E-state index >= 15 is 0 Å². The van der Waals surface area contributed by atoms with Crippen LogP contribution in [-0.4, -0.2) is 34.6 Å². The molecular formula is C12H13N3O3. The van der Waals surface area contributed by atoms with Crippen molar-refractivity contribution in [1.29, 1.82) is 0 Å². The highest BCUT2D eigenvalue weighted by molar-refractivity contribution is 5.87. The second-order valence-electron chi connectivity index (χ2n) is 4.30. The second-order valence-corrected chi connectivity index (χ2v) is 4.30. The van der Waals surface area contributed by atoms with Gasteiger partial charge in [0.25, 0.3) is 5.88 Å². The Kier molecular flexibility index (Phi) is 2.43. The molecule has 0 amide bonds. The number of esters is 1. The maximum Gasteiger partial charge on any atom is 0.358 e. The summed E-state index contributed by atoms with van der Waals surface area (Å²) >= 11 is 0. The number of hydrogen-bond donors (Lipinski definition) is 0. The van der Waals surface area contributed by atoms with Crippen molar-refractivity contribution in [3.8, 4) is 5.88 Å². The van der Waals surface area contributed by atoms with Crippen molar-refractivity contribution in [2.24, 2.45) is 0 Å². The summed E-state index contributed by atoms with van der Waals surface area (Å²) < 4.78 is 11.6. The van der Waals surface area contributed by atoms with Gasteiger partial charge in [-0.1, -0.05) is 0 Å². The van der Waals surface area contributed by atoms with Crippen LogP contribution in [-0.2, 0) is 4.74 Å². The highest BCUT2D eigenvalue weighted by Gasteiger charge is 2.27. The fourth-order valence-electron chi connectivity index (χ4n) is 1.90. The Labute approximate surface area is 104 Å². The maximum absolute atomic E-state index is 11.5. The zero-order valence-electron chi connectivity index (χ0n) is 10.2. The van der Waals surface area contributed by atoms with Crippen LogP contribution < -0.4 is 4.74 Å². The summed E-state index contributed by atoms with van der Waals surface area (Å²) in [6.45, 7) is 0. The lowest BCUT2D eigenvalue weighted by molar-refractivity contribution is 0.0592. The largest absolute Gasteiger partial charge is 0.478 e. The van der Waals surface area contributed by atoms with Gasteiger partial charge in [-0.2, -0.15) is 0 Å². The van der Waals surface area contributed by atoms with Crippen LogP contribution in [0.25, 0.3) is 5.65 Å². The highest BCUT2D eigenvalue weighted by Crippen LogP contribution is 2.39. The number of ether oxygens (including phenoxy) is 2. The fourth-order valence-corrected chi connectivity index (χ4v) is 1.90. The summed E-state index contributed by atoms with van der Waals surface area (Å²) in [7, 11) is 2.83. The molecule has 0 unspecified atom stereocenters. The molecule has 0 radical (unpaired) electrons. The predicted octanol–water partition coefficient (Wildman–Crippen LogP) is 1.40. The van der Waals surface area contributed by atoms with Crippen molar-refractivity contribution in [3.63, 3.8) is 0 Å². The van der Waals surface area contributed by atoms with Crippen LogP contribution in [0.5, 0.6) is 5.88 Å². The number of aromatic nitrogens is 3. The van der Waals surface area contributed by atoms with Gasteiger partial charge in [-0.25, -0.2) is 14.8 Å². The van der Waals surface area contributed by atoms with Crippen LogP contribution in [0.3, 0.4) is 0 Å². The summed E-state index contributed by atoms with van der Waals surface area (Å²) in [6, 6.07) is 0. The quantitative estimate of drug-likeness (QED) is 0.767. The number of hydrogen-bond acceptors (Lipinski definition) is 5. The van der Waals surface area contributed by atoms with E-state index in [9.17, 15) is 4.79 Å². The van der Waals surface area contributed by atoms with Crippen molar-refractivity contribution in [2.45, 2.75) is 18.8 Å². The molecule has 0 N–H and O–H groups in total. The van der Waals surface area contributed by atoms with Crippen molar-refractivity contribution in [1.82, 2.24) is 14.4 Å². The number of methoxy groups -OCH3 is 2. The van der Waals surface area contributed by atoms with Crippen LogP contribution >= 0.6 is 0 Å². The summed E-state index contributed by atoms with van der Waals surface area (Å²) in [5.74, 6) is 0.387. The topological polar surface area (TPSA) is 65.7 Å². The van der Waals surface area contributed by atoms with Gasteiger partial charge in [-0.15, -0.1) is 0 Å². The first-order valence-electron chi connectivity index (χ1n) is 5.75. The monoisotopic (exact) mass is 247 g/mol. The second kappa shape index (κ2) is 3.97. The first-order chi connectivity index (χ1) is 8.72. The van der Waals surface area contributed by atoms with E-state index in [1.807, 2.05) is 6.20 Å². The molecule has 6 nitrogen and oxygen atoms in total. The zero-order valence-corrected chi connectivity index (χ0v) is 10.2. The van der Waals surface area contributed by atoms with E-state index in [0.717, 1.165) is 5.69 Å². The molecule has 1 fully saturated rings. The lowest BCUT2D eigenvalue weighted by Gasteiger charge is -2.04. The van der Waals surface area contributed by atoms with Crippen LogP contribution in [0.2, 0.25) is 0 Å². The normalized spacial score (nSPS) is 14.8. The first-order valence-corrected chi connectivity index (χ1v) is 5.75. The average Bonchev–Trinajstić information content (AvgIpc) is 3.16. The van der Waals surface area contributed by atoms with Crippen LogP contribution in [0.4, 0.5) is 0 Å². The van der Waals surface area contributed by atoms with Gasteiger partial charge in [-0.05, 0) is 12.8 Å². The van der Waals surface area contributed by atoms with E-state index in [2.05, 4.69) is 14.7 Å². The van der Waals surface area contributed by atoms with Gasteiger partial charge in [0.1, 0.15) is 0 Å². The summed E-state index contributed by atoms with van der Waals surface area (Å²) in [5, 5.41) is 0. The predicted molar refractivity (Wildman–Crippen MR) is 62.9 cm³/mol. The molecule has 94 valence electrons. The van der Waals surface area contributed by atoms with E-state index in [4.69, 9.17) is 4.74 Å². The molecule has 0 aliphatic heterocycles. The number of carbonyl (C=O) groups is 1. The van der Waals surface area contributed by atoms with Gasteiger partial charge in [0.2, 0.25) is 5.65 Å². The average molecular weight is 247 g/mol. The zero-order chi connectivity index (χ0) is 12.7. The number of carbonyl (C=O) groups excluding carboxylic acids is 1. The van der Waals surface area contributed by atoms with E-state index in [0.29, 0.717) is 17.4 Å². The summed E-state index contributed by atoms with van der Waals surface area (Å²) in [6.07, 6.45) is 5.87. The molecule has 0 aromatic carbocycles. The van der Waals surface area contributed by atoms with Gasteiger partial charge >= 0.3 is 5.97 Å².